The Bertz CT molecular complexity index is 2150. The van der Waals surface area contributed by atoms with Gasteiger partial charge in [-0.1, -0.05) is 49.1 Å². The Labute approximate surface area is 243 Å². The first-order valence-corrected chi connectivity index (χ1v) is 13.4. The minimum absolute atomic E-state index is 0.320. The number of rotatable bonds is 5. The lowest BCUT2D eigenvalue weighted by Crippen LogP contribution is -2.24. The van der Waals surface area contributed by atoms with E-state index < -0.39 is 0 Å². The van der Waals surface area contributed by atoms with Gasteiger partial charge < -0.3 is 4.57 Å². The average Bonchev–Trinajstić information content (AvgIpc) is 3.47. The van der Waals surface area contributed by atoms with Crippen molar-refractivity contribution in [3.63, 3.8) is 0 Å². The lowest BCUT2D eigenvalue weighted by molar-refractivity contribution is 0.0693. The van der Waals surface area contributed by atoms with Crippen molar-refractivity contribution in [1.82, 2.24) is 9.47 Å². The van der Waals surface area contributed by atoms with Crippen LogP contribution in [0.4, 0.5) is 0 Å². The molecule has 5 aromatic rings. The van der Waals surface area contributed by atoms with Gasteiger partial charge in [0.15, 0.2) is 0 Å². The van der Waals surface area contributed by atoms with E-state index in [0.717, 1.165) is 49.0 Å². The van der Waals surface area contributed by atoms with Crippen LogP contribution >= 0.6 is 0 Å². The number of carbonyl (C=O) groups excluding carboxylic acids is 2. The molecule has 1 aliphatic rings. The second kappa shape index (κ2) is 10.2. The Balaban J connectivity index is 1.68. The van der Waals surface area contributed by atoms with E-state index in [0.29, 0.717) is 28.0 Å². The van der Waals surface area contributed by atoms with E-state index in [1.165, 1.54) is 13.1 Å². The van der Waals surface area contributed by atoms with Crippen LogP contribution in [0.2, 0.25) is 0 Å². The molecule has 0 atom stereocenters. The highest BCUT2D eigenvalue weighted by Gasteiger charge is 2.35. The second-order valence-corrected chi connectivity index (χ2v) is 10.0. The fourth-order valence-corrected chi connectivity index (χ4v) is 5.62. The maximum Gasteiger partial charge on any atom is 0.263 e. The lowest BCUT2D eigenvalue weighted by atomic mass is 9.98. The molecule has 0 N–H and O–H groups in total. The van der Waals surface area contributed by atoms with E-state index in [1.807, 2.05) is 66.1 Å². The average molecular weight is 545 g/mol. The van der Waals surface area contributed by atoms with Crippen molar-refractivity contribution in [2.45, 2.75) is 6.92 Å². The molecule has 2 heterocycles. The van der Waals surface area contributed by atoms with Gasteiger partial charge in [-0.05, 0) is 83.8 Å². The van der Waals surface area contributed by atoms with Gasteiger partial charge in [0.25, 0.3) is 11.8 Å². The summed E-state index contributed by atoms with van der Waals surface area (Å²) in [5.41, 5.74) is 7.79. The smallest absolute Gasteiger partial charge is 0.263 e. The second-order valence-electron chi connectivity index (χ2n) is 10.0. The van der Waals surface area contributed by atoms with Crippen molar-refractivity contribution in [2.75, 3.05) is 7.05 Å². The molecule has 6 rings (SSSR count). The van der Waals surface area contributed by atoms with Crippen LogP contribution in [-0.4, -0.2) is 28.3 Å². The number of carbonyl (C=O) groups is 2. The molecule has 0 radical (unpaired) electrons. The number of imide groups is 1. The molecule has 1 aromatic heterocycles. The van der Waals surface area contributed by atoms with Gasteiger partial charge in [-0.2, -0.15) is 10.5 Å². The van der Waals surface area contributed by atoms with Gasteiger partial charge in [0.2, 0.25) is 0 Å². The minimum Gasteiger partial charge on any atom is -0.308 e. The molecule has 0 saturated carbocycles. The van der Waals surface area contributed by atoms with Crippen LogP contribution in [0.15, 0.2) is 109 Å². The zero-order chi connectivity index (χ0) is 29.5. The zero-order valence-corrected chi connectivity index (χ0v) is 23.1. The van der Waals surface area contributed by atoms with Crippen LogP contribution in [0.1, 0.15) is 38.8 Å². The number of amides is 2. The number of allylic oxidation sites excluding steroid dienone is 5. The molecular formula is C36H24N4O2. The van der Waals surface area contributed by atoms with Crippen molar-refractivity contribution in [2.24, 2.45) is 0 Å². The summed E-state index contributed by atoms with van der Waals surface area (Å²) >= 11 is 0. The highest BCUT2D eigenvalue weighted by molar-refractivity contribution is 6.23. The Hall–Kier alpha value is -5.98. The fraction of sp³-hybridized carbons (Fsp3) is 0.0556. The molecule has 0 spiro atoms. The summed E-state index contributed by atoms with van der Waals surface area (Å²) in [5.74, 6) is -0.656. The monoisotopic (exact) mass is 544 g/mol. The molecule has 0 unspecified atom stereocenters. The van der Waals surface area contributed by atoms with Crippen molar-refractivity contribution in [3.05, 3.63) is 131 Å². The van der Waals surface area contributed by atoms with Crippen LogP contribution in [0.3, 0.4) is 0 Å². The number of benzene rings is 4. The van der Waals surface area contributed by atoms with Crippen molar-refractivity contribution in [3.8, 4) is 29.0 Å². The van der Waals surface area contributed by atoms with Crippen LogP contribution < -0.4 is 0 Å². The van der Waals surface area contributed by atoms with Crippen LogP contribution in [0.5, 0.6) is 0 Å². The van der Waals surface area contributed by atoms with Crippen LogP contribution in [0.25, 0.3) is 44.2 Å². The standard InChI is InChI=1S/C36H24N4O2/c1-4-22(20-37)16-24(5-2)26-12-14-31-29(18-26)30-19-27(25-9-6-8-23(17-25)21-38)13-15-32(30)40(31)33-11-7-10-28-34(33)36(42)39(3)35(28)41/h4-19H,1H2,2-3H3/b22-16+,24-5+. The normalized spacial score (nSPS) is 13.4. The molecule has 2 amide bonds. The van der Waals surface area contributed by atoms with E-state index in [-0.39, 0.29) is 11.8 Å². The van der Waals surface area contributed by atoms with Crippen molar-refractivity contribution >= 4 is 39.2 Å². The van der Waals surface area contributed by atoms with Gasteiger partial charge in [0.1, 0.15) is 0 Å². The van der Waals surface area contributed by atoms with E-state index in [4.69, 9.17) is 0 Å². The van der Waals surface area contributed by atoms with Crippen molar-refractivity contribution in [1.29, 1.82) is 10.5 Å². The topological polar surface area (TPSA) is 89.9 Å². The van der Waals surface area contributed by atoms with Gasteiger partial charge in [-0.15, -0.1) is 0 Å². The third kappa shape index (κ3) is 4.02. The highest BCUT2D eigenvalue weighted by Crippen LogP contribution is 2.39. The number of fused-ring (bicyclic) bond motifs is 4. The summed E-state index contributed by atoms with van der Waals surface area (Å²) in [6.07, 6.45) is 5.28. The first kappa shape index (κ1) is 26.3. The molecule has 0 aliphatic carbocycles. The molecular weight excluding hydrogens is 520 g/mol. The van der Waals surface area contributed by atoms with Gasteiger partial charge in [0.05, 0.1) is 51.1 Å². The number of nitriles is 2. The van der Waals surface area contributed by atoms with Crippen LogP contribution in [0, 0.1) is 22.7 Å². The molecule has 4 aromatic carbocycles. The summed E-state index contributed by atoms with van der Waals surface area (Å²) in [7, 11) is 1.50. The Morgan fingerprint density at radius 1 is 0.857 bits per heavy atom. The summed E-state index contributed by atoms with van der Waals surface area (Å²) in [5, 5.41) is 20.8. The third-order valence-corrected chi connectivity index (χ3v) is 7.73. The largest absolute Gasteiger partial charge is 0.308 e. The molecule has 6 heteroatoms. The fourth-order valence-electron chi connectivity index (χ4n) is 5.62. The number of aromatic nitrogens is 1. The van der Waals surface area contributed by atoms with Gasteiger partial charge in [0, 0.05) is 17.8 Å². The molecule has 200 valence electrons. The Kier molecular flexibility index (Phi) is 6.38. The van der Waals surface area contributed by atoms with Crippen molar-refractivity contribution < 1.29 is 9.59 Å². The molecule has 0 bridgehead atoms. The van der Waals surface area contributed by atoms with E-state index in [2.05, 4.69) is 30.9 Å². The summed E-state index contributed by atoms with van der Waals surface area (Å²) < 4.78 is 2.03. The first-order chi connectivity index (χ1) is 20.4. The minimum atomic E-state index is -0.336. The van der Waals surface area contributed by atoms with Gasteiger partial charge >= 0.3 is 0 Å². The van der Waals surface area contributed by atoms with E-state index in [9.17, 15) is 20.1 Å². The number of hydrogen-bond acceptors (Lipinski definition) is 4. The maximum absolute atomic E-state index is 13.3. The maximum atomic E-state index is 13.3. The predicted molar refractivity (Wildman–Crippen MR) is 165 cm³/mol. The quantitative estimate of drug-likeness (QED) is 0.130. The number of hydrogen-bond donors (Lipinski definition) is 0. The van der Waals surface area contributed by atoms with E-state index in [1.54, 1.807) is 24.3 Å². The molecule has 0 saturated heterocycles. The van der Waals surface area contributed by atoms with Gasteiger partial charge in [-0.3, -0.25) is 14.5 Å². The van der Waals surface area contributed by atoms with Gasteiger partial charge in [-0.25, -0.2) is 0 Å². The van der Waals surface area contributed by atoms with Crippen LogP contribution in [-0.2, 0) is 0 Å². The molecule has 42 heavy (non-hydrogen) atoms. The summed E-state index contributed by atoms with van der Waals surface area (Å²) in [6.45, 7) is 5.66. The Morgan fingerprint density at radius 3 is 2.29 bits per heavy atom. The highest BCUT2D eigenvalue weighted by atomic mass is 16.2. The summed E-state index contributed by atoms with van der Waals surface area (Å²) in [4.78, 5) is 27.2. The van der Waals surface area contributed by atoms with E-state index >= 15 is 0 Å². The third-order valence-electron chi connectivity index (χ3n) is 7.73. The lowest BCUT2D eigenvalue weighted by Gasteiger charge is -2.12. The SMILES string of the molecule is C=C/C(C#N)=C\C(=C/C)c1ccc2c(c1)c1cc(-c3cccc(C#N)c3)ccc1n2-c1cccc2c1C(=O)N(C)C2=O. The molecule has 0 fully saturated rings. The molecule has 1 aliphatic heterocycles. The first-order valence-electron chi connectivity index (χ1n) is 13.4. The Morgan fingerprint density at radius 2 is 1.57 bits per heavy atom. The summed E-state index contributed by atoms with van der Waals surface area (Å²) in [6, 6.07) is 29.4. The predicted octanol–water partition coefficient (Wildman–Crippen LogP) is 7.59. The molecule has 6 nitrogen and oxygen atoms in total. The zero-order valence-electron chi connectivity index (χ0n) is 23.1. The number of nitrogens with zero attached hydrogens (tertiary/aromatic N) is 4.